The molecule has 1 atom stereocenters. The molecule has 2 aromatic carbocycles. The highest BCUT2D eigenvalue weighted by molar-refractivity contribution is 7.92. The third-order valence-corrected chi connectivity index (χ3v) is 7.62. The summed E-state index contributed by atoms with van der Waals surface area (Å²) in [5.74, 6) is -3.47. The second kappa shape index (κ2) is 13.1. The van der Waals surface area contributed by atoms with E-state index in [1.165, 1.54) is 31.2 Å². The standard InChI is InChI=1S/C22H26Cl3N5O5S/c1-13-17(25)4-2-6-19(13)36(34,35)12-20(31)30(18(21(32)33)5-3-7-28-22(26)27)29-11-14-8-15(23)10-16(24)9-14/h2,4,6,8-10,18,29H,3,5,7,11-12H2,1H3,(H,32,33)(H4,26,27,28)/t18-/m0/s1. The largest absolute Gasteiger partial charge is 0.480 e. The average molecular weight is 579 g/mol. The number of nitrogens with one attached hydrogen (secondary N) is 1. The van der Waals surface area contributed by atoms with E-state index in [1.54, 1.807) is 12.1 Å². The molecule has 0 aliphatic rings. The maximum atomic E-state index is 13.2. The molecule has 0 aliphatic carbocycles. The number of guanidine groups is 1. The molecule has 1 amide bonds. The number of nitrogens with zero attached hydrogens (tertiary/aromatic N) is 2. The van der Waals surface area contributed by atoms with Gasteiger partial charge in [-0.2, -0.15) is 0 Å². The molecule has 0 aliphatic heterocycles. The number of carbonyl (C=O) groups excluding carboxylic acids is 1. The predicted octanol–water partition coefficient (Wildman–Crippen LogP) is 2.77. The molecule has 196 valence electrons. The number of aliphatic carboxylic acids is 1. The maximum absolute atomic E-state index is 13.2. The van der Waals surface area contributed by atoms with E-state index in [-0.39, 0.29) is 47.4 Å². The zero-order chi connectivity index (χ0) is 27.0. The van der Waals surface area contributed by atoms with E-state index in [1.807, 2.05) is 0 Å². The third-order valence-electron chi connectivity index (χ3n) is 5.04. The first-order chi connectivity index (χ1) is 16.8. The molecule has 0 aromatic heterocycles. The number of amides is 1. The fourth-order valence-corrected chi connectivity index (χ4v) is 5.64. The molecule has 0 saturated carbocycles. The minimum absolute atomic E-state index is 0.0556. The Morgan fingerprint density at radius 2 is 1.78 bits per heavy atom. The van der Waals surface area contributed by atoms with Crippen LogP contribution in [0.2, 0.25) is 15.1 Å². The fraction of sp³-hybridized carbons (Fsp3) is 0.318. The summed E-state index contributed by atoms with van der Waals surface area (Å²) in [6.07, 6.45) is 0.154. The number of carboxylic acids is 1. The van der Waals surface area contributed by atoms with Crippen molar-refractivity contribution < 1.29 is 23.1 Å². The summed E-state index contributed by atoms with van der Waals surface area (Å²) >= 11 is 18.1. The van der Waals surface area contributed by atoms with Gasteiger partial charge in [-0.25, -0.2) is 18.6 Å². The van der Waals surface area contributed by atoms with Crippen LogP contribution in [0.5, 0.6) is 0 Å². The van der Waals surface area contributed by atoms with Gasteiger partial charge < -0.3 is 16.6 Å². The zero-order valence-corrected chi connectivity index (χ0v) is 22.3. The number of hydrogen-bond donors (Lipinski definition) is 4. The van der Waals surface area contributed by atoms with Gasteiger partial charge in [-0.1, -0.05) is 40.9 Å². The summed E-state index contributed by atoms with van der Waals surface area (Å²) in [5.41, 5.74) is 14.2. The van der Waals surface area contributed by atoms with Crippen LogP contribution in [0, 0.1) is 6.92 Å². The molecular formula is C22H26Cl3N5O5S. The molecule has 0 heterocycles. The molecule has 0 spiro atoms. The number of hydrazine groups is 1. The van der Waals surface area contributed by atoms with Gasteiger partial charge in [0.05, 0.1) is 4.90 Å². The summed E-state index contributed by atoms with van der Waals surface area (Å²) < 4.78 is 26.1. The number of carboxylic acid groups (broad SMARTS) is 1. The van der Waals surface area contributed by atoms with E-state index in [2.05, 4.69) is 10.4 Å². The van der Waals surface area contributed by atoms with Crippen LogP contribution in [-0.2, 0) is 26.0 Å². The Morgan fingerprint density at radius 1 is 1.14 bits per heavy atom. The van der Waals surface area contributed by atoms with E-state index in [9.17, 15) is 23.1 Å². The van der Waals surface area contributed by atoms with Crippen molar-refractivity contribution in [2.24, 2.45) is 16.5 Å². The average Bonchev–Trinajstić information content (AvgIpc) is 2.75. The van der Waals surface area contributed by atoms with Gasteiger partial charge in [0, 0.05) is 28.2 Å². The van der Waals surface area contributed by atoms with E-state index >= 15 is 0 Å². The van der Waals surface area contributed by atoms with Crippen molar-refractivity contribution in [3.63, 3.8) is 0 Å². The molecule has 6 N–H and O–H groups in total. The second-order valence-corrected chi connectivity index (χ2v) is 11.0. The first-order valence-electron chi connectivity index (χ1n) is 10.6. The maximum Gasteiger partial charge on any atom is 0.328 e. The van der Waals surface area contributed by atoms with Crippen molar-refractivity contribution in [2.75, 3.05) is 12.3 Å². The van der Waals surface area contributed by atoms with E-state index in [4.69, 9.17) is 46.3 Å². The van der Waals surface area contributed by atoms with Gasteiger partial charge in [0.15, 0.2) is 15.8 Å². The lowest BCUT2D eigenvalue weighted by atomic mass is 10.1. The first-order valence-corrected chi connectivity index (χ1v) is 13.4. The fourth-order valence-electron chi connectivity index (χ4n) is 3.35. The van der Waals surface area contributed by atoms with Crippen molar-refractivity contribution in [2.45, 2.75) is 37.2 Å². The lowest BCUT2D eigenvalue weighted by Gasteiger charge is -2.29. The highest BCUT2D eigenvalue weighted by Crippen LogP contribution is 2.24. The smallest absolute Gasteiger partial charge is 0.328 e. The highest BCUT2D eigenvalue weighted by Gasteiger charge is 2.33. The molecule has 14 heteroatoms. The molecule has 2 rings (SSSR count). The third kappa shape index (κ3) is 8.52. The summed E-state index contributed by atoms with van der Waals surface area (Å²) in [5, 5.41) is 11.5. The predicted molar refractivity (Wildman–Crippen MR) is 140 cm³/mol. The molecule has 0 saturated heterocycles. The van der Waals surface area contributed by atoms with Gasteiger partial charge in [0.1, 0.15) is 11.8 Å². The van der Waals surface area contributed by atoms with Crippen LogP contribution in [0.15, 0.2) is 46.3 Å². The Bertz CT molecular complexity index is 1230. The monoisotopic (exact) mass is 577 g/mol. The highest BCUT2D eigenvalue weighted by atomic mass is 35.5. The number of rotatable bonds is 12. The van der Waals surface area contributed by atoms with Gasteiger partial charge >= 0.3 is 5.97 Å². The summed E-state index contributed by atoms with van der Waals surface area (Å²) in [6, 6.07) is 7.55. The second-order valence-electron chi connectivity index (χ2n) is 7.80. The number of sulfone groups is 1. The van der Waals surface area contributed by atoms with Crippen molar-refractivity contribution in [3.8, 4) is 0 Å². The van der Waals surface area contributed by atoms with Crippen LogP contribution in [0.1, 0.15) is 24.0 Å². The van der Waals surface area contributed by atoms with Gasteiger partial charge in [-0.15, -0.1) is 0 Å². The van der Waals surface area contributed by atoms with Crippen LogP contribution >= 0.6 is 34.8 Å². The minimum Gasteiger partial charge on any atom is -0.480 e. The number of aliphatic imine (C=N–C) groups is 1. The molecule has 0 radical (unpaired) electrons. The summed E-state index contributed by atoms with van der Waals surface area (Å²) in [6.45, 7) is 1.58. The Balaban J connectivity index is 2.35. The Labute approximate surface area is 224 Å². The van der Waals surface area contributed by atoms with Crippen LogP contribution < -0.4 is 16.9 Å². The number of carbonyl (C=O) groups is 2. The van der Waals surface area contributed by atoms with Gasteiger partial charge in [0.25, 0.3) is 5.91 Å². The van der Waals surface area contributed by atoms with Crippen molar-refractivity contribution >= 4 is 62.5 Å². The van der Waals surface area contributed by atoms with E-state index in [0.29, 0.717) is 15.6 Å². The van der Waals surface area contributed by atoms with Crippen LogP contribution in [0.25, 0.3) is 0 Å². The van der Waals surface area contributed by atoms with Gasteiger partial charge in [0.2, 0.25) is 0 Å². The topological polar surface area (TPSA) is 168 Å². The molecule has 0 bridgehead atoms. The normalized spacial score (nSPS) is 12.1. The summed E-state index contributed by atoms with van der Waals surface area (Å²) in [4.78, 5) is 29.0. The van der Waals surface area contributed by atoms with Crippen LogP contribution in [0.4, 0.5) is 0 Å². The first kappa shape index (κ1) is 29.7. The van der Waals surface area contributed by atoms with Gasteiger partial charge in [-0.05, 0) is 61.2 Å². The summed E-state index contributed by atoms with van der Waals surface area (Å²) in [7, 11) is -4.16. The lowest BCUT2D eigenvalue weighted by Crippen LogP contribution is -2.54. The molecule has 0 fully saturated rings. The van der Waals surface area contributed by atoms with Crippen molar-refractivity contribution in [1.82, 2.24) is 10.4 Å². The zero-order valence-electron chi connectivity index (χ0n) is 19.2. The lowest BCUT2D eigenvalue weighted by molar-refractivity contribution is -0.152. The number of hydrogen-bond acceptors (Lipinski definition) is 6. The van der Waals surface area contributed by atoms with Gasteiger partial charge in [-0.3, -0.25) is 14.8 Å². The number of halogens is 3. The number of nitrogens with two attached hydrogens (primary N) is 2. The minimum atomic E-state index is -4.16. The van der Waals surface area contributed by atoms with E-state index in [0.717, 1.165) is 5.01 Å². The molecule has 2 aromatic rings. The van der Waals surface area contributed by atoms with Crippen LogP contribution in [0.3, 0.4) is 0 Å². The Kier molecular flexibility index (Phi) is 10.8. The van der Waals surface area contributed by atoms with E-state index < -0.39 is 33.5 Å². The Hall–Kier alpha value is -2.57. The molecule has 0 unspecified atom stereocenters. The molecule has 36 heavy (non-hydrogen) atoms. The molecule has 10 nitrogen and oxygen atoms in total. The van der Waals surface area contributed by atoms with Crippen molar-refractivity contribution in [1.29, 1.82) is 0 Å². The van der Waals surface area contributed by atoms with Crippen molar-refractivity contribution in [3.05, 3.63) is 62.6 Å². The SMILES string of the molecule is Cc1c(Cl)cccc1S(=O)(=O)CC(=O)N(NCc1cc(Cl)cc(Cl)c1)[C@@H](CCCN=C(N)N)C(=O)O. The van der Waals surface area contributed by atoms with Crippen LogP contribution in [-0.4, -0.2) is 54.7 Å². The Morgan fingerprint density at radius 3 is 2.36 bits per heavy atom. The quantitative estimate of drug-likeness (QED) is 0.129. The molecular weight excluding hydrogens is 553 g/mol. The number of benzene rings is 2.